The Bertz CT molecular complexity index is 629. The van der Waals surface area contributed by atoms with E-state index in [1.807, 2.05) is 37.3 Å². The second-order valence-electron chi connectivity index (χ2n) is 4.38. The average molecular weight is 223 g/mol. The molecule has 0 N–H and O–H groups in total. The van der Waals surface area contributed by atoms with Gasteiger partial charge >= 0.3 is 0 Å². The average Bonchev–Trinajstić information content (AvgIpc) is 2.64. The van der Waals surface area contributed by atoms with E-state index in [4.69, 9.17) is 0 Å². The van der Waals surface area contributed by atoms with Gasteiger partial charge in [0.15, 0.2) is 5.78 Å². The van der Waals surface area contributed by atoms with E-state index in [1.54, 1.807) is 0 Å². The van der Waals surface area contributed by atoms with Crippen molar-refractivity contribution in [2.75, 3.05) is 0 Å². The summed E-state index contributed by atoms with van der Waals surface area (Å²) in [4.78, 5) is 16.9. The number of hydrogen-bond donors (Lipinski definition) is 0. The SMILES string of the molecule is CCc1cc(C)c2c(n1)-c1ccccc1C2=O. The lowest BCUT2D eigenvalue weighted by Crippen LogP contribution is -2.00. The van der Waals surface area contributed by atoms with Crippen molar-refractivity contribution >= 4 is 5.78 Å². The van der Waals surface area contributed by atoms with Gasteiger partial charge in [0.1, 0.15) is 0 Å². The number of fused-ring (bicyclic) bond motifs is 3. The first kappa shape index (κ1) is 10.2. The number of carbonyl (C=O) groups is 1. The maximum Gasteiger partial charge on any atom is 0.196 e. The monoisotopic (exact) mass is 223 g/mol. The molecule has 1 aromatic heterocycles. The normalized spacial score (nSPS) is 12.5. The van der Waals surface area contributed by atoms with Crippen molar-refractivity contribution in [2.24, 2.45) is 0 Å². The Kier molecular flexibility index (Phi) is 2.11. The highest BCUT2D eigenvalue weighted by molar-refractivity contribution is 6.21. The number of ketones is 1. The number of benzene rings is 1. The topological polar surface area (TPSA) is 30.0 Å². The molecule has 0 amide bonds. The van der Waals surface area contributed by atoms with E-state index in [0.29, 0.717) is 0 Å². The first-order chi connectivity index (χ1) is 8.22. The Morgan fingerprint density at radius 3 is 2.59 bits per heavy atom. The van der Waals surface area contributed by atoms with E-state index in [9.17, 15) is 4.79 Å². The molecule has 1 aromatic carbocycles. The van der Waals surface area contributed by atoms with Gasteiger partial charge in [-0.1, -0.05) is 31.2 Å². The molecule has 0 aliphatic heterocycles. The third-order valence-electron chi connectivity index (χ3n) is 3.29. The fourth-order valence-corrected chi connectivity index (χ4v) is 2.43. The van der Waals surface area contributed by atoms with Gasteiger partial charge in [0.2, 0.25) is 0 Å². The fraction of sp³-hybridized carbons (Fsp3) is 0.200. The maximum absolute atomic E-state index is 12.3. The second kappa shape index (κ2) is 3.52. The molecule has 2 aromatic rings. The van der Waals surface area contributed by atoms with Gasteiger partial charge in [-0.15, -0.1) is 0 Å². The van der Waals surface area contributed by atoms with Crippen LogP contribution in [0, 0.1) is 6.92 Å². The largest absolute Gasteiger partial charge is 0.288 e. The minimum absolute atomic E-state index is 0.114. The van der Waals surface area contributed by atoms with Gasteiger partial charge < -0.3 is 0 Å². The highest BCUT2D eigenvalue weighted by atomic mass is 16.1. The molecule has 17 heavy (non-hydrogen) atoms. The van der Waals surface area contributed by atoms with Crippen molar-refractivity contribution in [3.05, 3.63) is 52.7 Å². The van der Waals surface area contributed by atoms with E-state index < -0.39 is 0 Å². The highest BCUT2D eigenvalue weighted by Crippen LogP contribution is 2.36. The minimum Gasteiger partial charge on any atom is -0.288 e. The van der Waals surface area contributed by atoms with Crippen LogP contribution >= 0.6 is 0 Å². The molecule has 1 heterocycles. The molecule has 3 rings (SSSR count). The van der Waals surface area contributed by atoms with E-state index in [2.05, 4.69) is 11.9 Å². The zero-order valence-electron chi connectivity index (χ0n) is 9.95. The summed E-state index contributed by atoms with van der Waals surface area (Å²) < 4.78 is 0. The standard InChI is InChI=1S/C15H13NO/c1-3-10-8-9(2)13-14(16-10)11-6-4-5-7-12(11)15(13)17/h4-8H,3H2,1-2H3. The Morgan fingerprint density at radius 1 is 1.18 bits per heavy atom. The summed E-state index contributed by atoms with van der Waals surface area (Å²) in [6.07, 6.45) is 0.893. The molecule has 0 saturated carbocycles. The van der Waals surface area contributed by atoms with Crippen molar-refractivity contribution in [1.82, 2.24) is 4.98 Å². The van der Waals surface area contributed by atoms with Crippen LogP contribution in [0.3, 0.4) is 0 Å². The van der Waals surface area contributed by atoms with Crippen LogP contribution < -0.4 is 0 Å². The maximum atomic E-state index is 12.3. The first-order valence-corrected chi connectivity index (χ1v) is 5.87. The van der Waals surface area contributed by atoms with Crippen LogP contribution in [0.4, 0.5) is 0 Å². The molecular formula is C15H13NO. The zero-order valence-corrected chi connectivity index (χ0v) is 9.95. The summed E-state index contributed by atoms with van der Waals surface area (Å²) >= 11 is 0. The Labute approximate surface area is 100 Å². The van der Waals surface area contributed by atoms with Crippen LogP contribution in [-0.2, 0) is 6.42 Å². The predicted octanol–water partition coefficient (Wildman–Crippen LogP) is 3.16. The third-order valence-corrected chi connectivity index (χ3v) is 3.29. The fourth-order valence-electron chi connectivity index (χ4n) is 2.43. The summed E-state index contributed by atoms with van der Waals surface area (Å²) in [6.45, 7) is 4.07. The molecule has 0 bridgehead atoms. The van der Waals surface area contributed by atoms with E-state index in [-0.39, 0.29) is 5.78 Å². The van der Waals surface area contributed by atoms with Crippen LogP contribution in [0.15, 0.2) is 30.3 Å². The zero-order chi connectivity index (χ0) is 12.0. The van der Waals surface area contributed by atoms with E-state index >= 15 is 0 Å². The molecule has 0 unspecified atom stereocenters. The highest BCUT2D eigenvalue weighted by Gasteiger charge is 2.29. The minimum atomic E-state index is 0.114. The number of carbonyl (C=O) groups excluding carboxylic acids is 1. The number of aromatic nitrogens is 1. The summed E-state index contributed by atoms with van der Waals surface area (Å²) in [5.74, 6) is 0.114. The molecule has 2 nitrogen and oxygen atoms in total. The van der Waals surface area contributed by atoms with Gasteiger partial charge in [-0.05, 0) is 25.0 Å². The van der Waals surface area contributed by atoms with Crippen LogP contribution in [-0.4, -0.2) is 10.8 Å². The van der Waals surface area contributed by atoms with Crippen LogP contribution in [0.5, 0.6) is 0 Å². The van der Waals surface area contributed by atoms with Crippen molar-refractivity contribution in [2.45, 2.75) is 20.3 Å². The molecule has 0 saturated heterocycles. The van der Waals surface area contributed by atoms with Crippen LogP contribution in [0.1, 0.15) is 34.1 Å². The molecule has 0 spiro atoms. The molecule has 0 atom stereocenters. The summed E-state index contributed by atoms with van der Waals surface area (Å²) in [5.41, 5.74) is 5.49. The van der Waals surface area contributed by atoms with E-state index in [1.165, 1.54) is 0 Å². The smallest absolute Gasteiger partial charge is 0.196 e. The predicted molar refractivity (Wildman–Crippen MR) is 67.2 cm³/mol. The quantitative estimate of drug-likeness (QED) is 0.634. The molecule has 84 valence electrons. The van der Waals surface area contributed by atoms with Crippen LogP contribution in [0.2, 0.25) is 0 Å². The van der Waals surface area contributed by atoms with Crippen molar-refractivity contribution in [3.63, 3.8) is 0 Å². The molecule has 0 fully saturated rings. The van der Waals surface area contributed by atoms with E-state index in [0.717, 1.165) is 40.1 Å². The lowest BCUT2D eigenvalue weighted by molar-refractivity contribution is 0.104. The van der Waals surface area contributed by atoms with Gasteiger partial charge in [-0.2, -0.15) is 0 Å². The van der Waals surface area contributed by atoms with Gasteiger partial charge in [-0.3, -0.25) is 9.78 Å². The lowest BCUT2D eigenvalue weighted by Gasteiger charge is -2.05. The van der Waals surface area contributed by atoms with Crippen molar-refractivity contribution in [3.8, 4) is 11.3 Å². The second-order valence-corrected chi connectivity index (χ2v) is 4.38. The number of rotatable bonds is 1. The van der Waals surface area contributed by atoms with Gasteiger partial charge in [0.25, 0.3) is 0 Å². The van der Waals surface area contributed by atoms with Gasteiger partial charge in [0, 0.05) is 16.8 Å². The molecule has 1 aliphatic carbocycles. The number of hydrogen-bond acceptors (Lipinski definition) is 2. The number of pyridine rings is 1. The van der Waals surface area contributed by atoms with Gasteiger partial charge in [0.05, 0.1) is 11.3 Å². The molecule has 1 aliphatic rings. The Balaban J connectivity index is 2.36. The Hall–Kier alpha value is -1.96. The summed E-state index contributed by atoms with van der Waals surface area (Å²) in [5, 5.41) is 0. The van der Waals surface area contributed by atoms with Gasteiger partial charge in [-0.25, -0.2) is 0 Å². The van der Waals surface area contributed by atoms with Crippen molar-refractivity contribution < 1.29 is 4.79 Å². The van der Waals surface area contributed by atoms with Crippen molar-refractivity contribution in [1.29, 1.82) is 0 Å². The lowest BCUT2D eigenvalue weighted by atomic mass is 10.1. The first-order valence-electron chi connectivity index (χ1n) is 5.87. The molecular weight excluding hydrogens is 210 g/mol. The number of nitrogens with zero attached hydrogens (tertiary/aromatic N) is 1. The molecule has 2 heteroatoms. The summed E-state index contributed by atoms with van der Waals surface area (Å²) in [6, 6.07) is 9.73. The van der Waals surface area contributed by atoms with Crippen LogP contribution in [0.25, 0.3) is 11.3 Å². The third kappa shape index (κ3) is 1.34. The number of aryl methyl sites for hydroxylation is 2. The Morgan fingerprint density at radius 2 is 1.88 bits per heavy atom. The summed E-state index contributed by atoms with van der Waals surface area (Å²) in [7, 11) is 0. The molecule has 0 radical (unpaired) electrons.